The lowest BCUT2D eigenvalue weighted by atomic mass is 10.0. The van der Waals surface area contributed by atoms with Gasteiger partial charge in [0.15, 0.2) is 0 Å². The molecule has 0 aliphatic rings. The van der Waals surface area contributed by atoms with Gasteiger partial charge < -0.3 is 16.0 Å². The number of nitrogens with one attached hydrogen (secondary N) is 1. The van der Waals surface area contributed by atoms with E-state index < -0.39 is 0 Å². The van der Waals surface area contributed by atoms with Crippen molar-refractivity contribution in [1.82, 2.24) is 4.90 Å². The quantitative estimate of drug-likeness (QED) is 0.826. The fourth-order valence-electron chi connectivity index (χ4n) is 1.77. The highest BCUT2D eigenvalue weighted by Crippen LogP contribution is 2.13. The van der Waals surface area contributed by atoms with Crippen molar-refractivity contribution in [3.8, 4) is 0 Å². The molecule has 0 radical (unpaired) electrons. The van der Waals surface area contributed by atoms with Crippen LogP contribution in [-0.2, 0) is 11.3 Å². The molecule has 0 saturated carbocycles. The molecule has 0 fully saturated rings. The van der Waals surface area contributed by atoms with Crippen LogP contribution in [0.5, 0.6) is 0 Å². The molecular formula is C15H25N3O. The molecule has 0 aromatic heterocycles. The molecule has 0 aliphatic heterocycles. The molecule has 19 heavy (non-hydrogen) atoms. The number of carbonyl (C=O) groups excluding carboxylic acids is 1. The van der Waals surface area contributed by atoms with E-state index in [1.54, 1.807) is 0 Å². The molecule has 4 heteroatoms. The zero-order valence-corrected chi connectivity index (χ0v) is 12.3. The standard InChI is InChI=1S/C15H25N3O/c1-11(2)14(16)9-15(19)17-13-7-5-6-12(8-13)10-18(3)4/h5-8,11,14H,9-10,16H2,1-4H3,(H,17,19). The maximum atomic E-state index is 11.9. The van der Waals surface area contributed by atoms with Crippen molar-refractivity contribution in [2.24, 2.45) is 11.7 Å². The first-order valence-corrected chi connectivity index (χ1v) is 6.67. The summed E-state index contributed by atoms with van der Waals surface area (Å²) < 4.78 is 0. The van der Waals surface area contributed by atoms with E-state index in [0.29, 0.717) is 12.3 Å². The molecule has 0 spiro atoms. The first-order chi connectivity index (χ1) is 8.88. The minimum atomic E-state index is -0.0926. The molecular weight excluding hydrogens is 238 g/mol. The minimum absolute atomic E-state index is 0.0248. The summed E-state index contributed by atoms with van der Waals surface area (Å²) in [7, 11) is 4.04. The van der Waals surface area contributed by atoms with Crippen molar-refractivity contribution in [2.45, 2.75) is 32.9 Å². The summed E-state index contributed by atoms with van der Waals surface area (Å²) in [5.41, 5.74) is 7.91. The van der Waals surface area contributed by atoms with Gasteiger partial charge in [-0.3, -0.25) is 4.79 Å². The minimum Gasteiger partial charge on any atom is -0.327 e. The molecule has 0 saturated heterocycles. The van der Waals surface area contributed by atoms with Crippen LogP contribution in [0.2, 0.25) is 0 Å². The molecule has 0 bridgehead atoms. The highest BCUT2D eigenvalue weighted by atomic mass is 16.1. The summed E-state index contributed by atoms with van der Waals surface area (Å²) in [5.74, 6) is 0.286. The average Bonchev–Trinajstić information content (AvgIpc) is 2.27. The summed E-state index contributed by atoms with van der Waals surface area (Å²) in [6, 6.07) is 7.81. The molecule has 1 aromatic rings. The van der Waals surface area contributed by atoms with Crippen LogP contribution in [0.4, 0.5) is 5.69 Å². The van der Waals surface area contributed by atoms with Crippen molar-refractivity contribution in [2.75, 3.05) is 19.4 Å². The van der Waals surface area contributed by atoms with Gasteiger partial charge in [0.05, 0.1) is 0 Å². The number of rotatable bonds is 6. The number of anilines is 1. The zero-order valence-electron chi connectivity index (χ0n) is 12.3. The lowest BCUT2D eigenvalue weighted by Crippen LogP contribution is -2.31. The molecule has 1 aromatic carbocycles. The number of hydrogen-bond donors (Lipinski definition) is 2. The Morgan fingerprint density at radius 3 is 2.63 bits per heavy atom. The largest absolute Gasteiger partial charge is 0.327 e. The monoisotopic (exact) mass is 263 g/mol. The summed E-state index contributed by atoms with van der Waals surface area (Å²) in [6.07, 6.45) is 0.357. The van der Waals surface area contributed by atoms with Crippen molar-refractivity contribution in [1.29, 1.82) is 0 Å². The van der Waals surface area contributed by atoms with Gasteiger partial charge in [0.1, 0.15) is 0 Å². The first-order valence-electron chi connectivity index (χ1n) is 6.67. The third kappa shape index (κ3) is 5.85. The van der Waals surface area contributed by atoms with E-state index in [1.165, 1.54) is 5.56 Å². The predicted octanol–water partition coefficient (Wildman–Crippen LogP) is 2.06. The SMILES string of the molecule is CC(C)C(N)CC(=O)Nc1cccc(CN(C)C)c1. The third-order valence-corrected chi connectivity index (χ3v) is 2.99. The van der Waals surface area contributed by atoms with Gasteiger partial charge in [-0.1, -0.05) is 26.0 Å². The second kappa shape index (κ2) is 7.26. The van der Waals surface area contributed by atoms with Crippen LogP contribution in [0.15, 0.2) is 24.3 Å². The second-order valence-electron chi connectivity index (χ2n) is 5.60. The lowest BCUT2D eigenvalue weighted by Gasteiger charge is -2.15. The normalized spacial score (nSPS) is 12.8. The van der Waals surface area contributed by atoms with Gasteiger partial charge >= 0.3 is 0 Å². The molecule has 4 nitrogen and oxygen atoms in total. The first kappa shape index (κ1) is 15.7. The van der Waals surface area contributed by atoms with E-state index in [9.17, 15) is 4.79 Å². The van der Waals surface area contributed by atoms with E-state index in [4.69, 9.17) is 5.73 Å². The number of nitrogens with zero attached hydrogens (tertiary/aromatic N) is 1. The van der Waals surface area contributed by atoms with Crippen LogP contribution in [0.3, 0.4) is 0 Å². The fourth-order valence-corrected chi connectivity index (χ4v) is 1.77. The van der Waals surface area contributed by atoms with Gasteiger partial charge in [0.2, 0.25) is 5.91 Å². The smallest absolute Gasteiger partial charge is 0.225 e. The van der Waals surface area contributed by atoms with Gasteiger partial charge in [-0.15, -0.1) is 0 Å². The number of hydrogen-bond acceptors (Lipinski definition) is 3. The molecule has 1 amide bonds. The Bertz CT molecular complexity index is 416. The summed E-state index contributed by atoms with van der Waals surface area (Å²) in [5, 5.41) is 2.90. The number of benzene rings is 1. The van der Waals surface area contributed by atoms with Crippen molar-refractivity contribution < 1.29 is 4.79 Å². The van der Waals surface area contributed by atoms with Crippen LogP contribution in [0, 0.1) is 5.92 Å². The van der Waals surface area contributed by atoms with Crippen molar-refractivity contribution in [3.63, 3.8) is 0 Å². The summed E-state index contributed by atoms with van der Waals surface area (Å²) >= 11 is 0. The molecule has 3 N–H and O–H groups in total. The Hall–Kier alpha value is -1.39. The van der Waals surface area contributed by atoms with Gasteiger partial charge in [0, 0.05) is 24.7 Å². The molecule has 0 aliphatic carbocycles. The van der Waals surface area contributed by atoms with E-state index in [-0.39, 0.29) is 11.9 Å². The summed E-state index contributed by atoms with van der Waals surface area (Å²) in [4.78, 5) is 14.0. The van der Waals surface area contributed by atoms with E-state index >= 15 is 0 Å². The predicted molar refractivity (Wildman–Crippen MR) is 79.9 cm³/mol. The van der Waals surface area contributed by atoms with Gasteiger partial charge in [-0.2, -0.15) is 0 Å². The lowest BCUT2D eigenvalue weighted by molar-refractivity contribution is -0.116. The molecule has 1 rings (SSSR count). The van der Waals surface area contributed by atoms with E-state index in [1.807, 2.05) is 46.1 Å². The topological polar surface area (TPSA) is 58.4 Å². The second-order valence-corrected chi connectivity index (χ2v) is 5.60. The Morgan fingerprint density at radius 2 is 2.05 bits per heavy atom. The molecule has 106 valence electrons. The van der Waals surface area contributed by atoms with Gasteiger partial charge in [0.25, 0.3) is 0 Å². The third-order valence-electron chi connectivity index (χ3n) is 2.99. The Kier molecular flexibility index (Phi) is 5.99. The number of amides is 1. The van der Waals surface area contributed by atoms with Crippen LogP contribution in [0.25, 0.3) is 0 Å². The average molecular weight is 263 g/mol. The van der Waals surface area contributed by atoms with Crippen molar-refractivity contribution in [3.05, 3.63) is 29.8 Å². The van der Waals surface area contributed by atoms with Crippen LogP contribution < -0.4 is 11.1 Å². The summed E-state index contributed by atoms with van der Waals surface area (Å²) in [6.45, 7) is 4.90. The van der Waals surface area contributed by atoms with Crippen LogP contribution in [0.1, 0.15) is 25.8 Å². The maximum Gasteiger partial charge on any atom is 0.225 e. The fraction of sp³-hybridized carbons (Fsp3) is 0.533. The molecule has 1 atom stereocenters. The van der Waals surface area contributed by atoms with Gasteiger partial charge in [-0.25, -0.2) is 0 Å². The van der Waals surface area contributed by atoms with Crippen molar-refractivity contribution >= 4 is 11.6 Å². The zero-order chi connectivity index (χ0) is 14.4. The van der Waals surface area contributed by atoms with Crippen LogP contribution in [-0.4, -0.2) is 30.9 Å². The Balaban J connectivity index is 2.59. The highest BCUT2D eigenvalue weighted by molar-refractivity contribution is 5.91. The number of carbonyl (C=O) groups is 1. The molecule has 1 unspecified atom stereocenters. The van der Waals surface area contributed by atoms with E-state index in [2.05, 4.69) is 16.3 Å². The van der Waals surface area contributed by atoms with Gasteiger partial charge in [-0.05, 0) is 37.7 Å². The maximum absolute atomic E-state index is 11.9. The Labute approximate surface area is 116 Å². The van der Waals surface area contributed by atoms with Crippen LogP contribution >= 0.6 is 0 Å². The highest BCUT2D eigenvalue weighted by Gasteiger charge is 2.13. The van der Waals surface area contributed by atoms with E-state index in [0.717, 1.165) is 12.2 Å². The molecule has 0 heterocycles. The Morgan fingerprint density at radius 1 is 1.37 bits per heavy atom. The number of nitrogens with two attached hydrogens (primary N) is 1.